The Morgan fingerprint density at radius 3 is 2.69 bits per heavy atom. The van der Waals surface area contributed by atoms with E-state index in [2.05, 4.69) is 0 Å². The summed E-state index contributed by atoms with van der Waals surface area (Å²) in [5, 5.41) is 8.31. The van der Waals surface area contributed by atoms with E-state index in [0.29, 0.717) is 0 Å². The number of amides is 1. The third-order valence-electron chi connectivity index (χ3n) is 1.57. The maximum atomic E-state index is 10.9. The van der Waals surface area contributed by atoms with Crippen LogP contribution in [0.25, 0.3) is 0 Å². The Balaban J connectivity index is 3.11. The first-order chi connectivity index (χ1) is 6.16. The molecule has 5 nitrogen and oxygen atoms in total. The van der Waals surface area contributed by atoms with Crippen molar-refractivity contribution in [2.24, 2.45) is 5.92 Å². The van der Waals surface area contributed by atoms with E-state index in [1.165, 1.54) is 29.8 Å². The molecule has 0 aromatic heterocycles. The Labute approximate surface area is 75.9 Å². The first kappa shape index (κ1) is 9.69. The van der Waals surface area contributed by atoms with Crippen LogP contribution in [0.15, 0.2) is 24.3 Å². The smallest absolute Gasteiger partial charge is 0.255 e. The maximum absolute atomic E-state index is 10.9. The zero-order valence-corrected chi connectivity index (χ0v) is 7.28. The van der Waals surface area contributed by atoms with Crippen molar-refractivity contribution in [3.63, 3.8) is 0 Å². The Morgan fingerprint density at radius 2 is 2.15 bits per heavy atom. The molecule has 0 saturated carbocycles. The van der Waals surface area contributed by atoms with Crippen molar-refractivity contribution in [1.29, 1.82) is 0 Å². The minimum atomic E-state index is -2.45. The molecule has 0 aliphatic heterocycles. The Bertz CT molecular complexity index is 396. The van der Waals surface area contributed by atoms with Gasteiger partial charge in [-0.3, -0.25) is 10.0 Å². The summed E-state index contributed by atoms with van der Waals surface area (Å²) in [4.78, 5) is 10.9. The average Bonchev–Trinajstić information content (AvgIpc) is 2.16. The van der Waals surface area contributed by atoms with E-state index >= 15 is 0 Å². The predicted molar refractivity (Wildman–Crippen MR) is 45.6 cm³/mol. The fourth-order valence-electron chi connectivity index (χ4n) is 0.970. The lowest BCUT2D eigenvalue weighted by Gasteiger charge is -2.10. The van der Waals surface area contributed by atoms with Crippen molar-refractivity contribution < 1.29 is 18.4 Å². The second-order valence-electron chi connectivity index (χ2n) is 2.33. The van der Waals surface area contributed by atoms with Gasteiger partial charge in [-0.15, -0.1) is 0 Å². The predicted octanol–water partition coefficient (Wildman–Crippen LogP) is -0.714. The van der Waals surface area contributed by atoms with Gasteiger partial charge in [-0.1, -0.05) is 18.2 Å². The largest absolute Gasteiger partial charge is 0.289 e. The standard InChI is InChI=1S/C7H7NO4S/c9-7(8-10)5-3-1-2-4-6(5)13(11)12/h1-5,10H,(H,8,9). The first-order valence-electron chi connectivity index (χ1n) is 3.41. The summed E-state index contributed by atoms with van der Waals surface area (Å²) in [6.45, 7) is 0. The molecule has 13 heavy (non-hydrogen) atoms. The number of hydroxylamine groups is 1. The first-order valence-corrected chi connectivity index (χ1v) is 4.49. The van der Waals surface area contributed by atoms with Gasteiger partial charge >= 0.3 is 0 Å². The van der Waals surface area contributed by atoms with Gasteiger partial charge in [-0.2, -0.15) is 8.42 Å². The van der Waals surface area contributed by atoms with Crippen molar-refractivity contribution in [3.05, 3.63) is 24.3 Å². The summed E-state index contributed by atoms with van der Waals surface area (Å²) in [6.07, 6.45) is 5.74. The zero-order chi connectivity index (χ0) is 9.84. The monoisotopic (exact) mass is 201 g/mol. The van der Waals surface area contributed by atoms with E-state index in [-0.39, 0.29) is 4.86 Å². The van der Waals surface area contributed by atoms with Crippen LogP contribution >= 0.6 is 0 Å². The van der Waals surface area contributed by atoms with E-state index in [1.54, 1.807) is 0 Å². The van der Waals surface area contributed by atoms with Gasteiger partial charge in [0.25, 0.3) is 5.91 Å². The van der Waals surface area contributed by atoms with Crippen LogP contribution in [0.4, 0.5) is 0 Å². The highest BCUT2D eigenvalue weighted by Gasteiger charge is 2.22. The third-order valence-corrected chi connectivity index (χ3v) is 2.34. The molecule has 1 unspecified atom stereocenters. The van der Waals surface area contributed by atoms with Crippen LogP contribution in [0.5, 0.6) is 0 Å². The number of carbonyl (C=O) groups excluding carboxylic acids is 1. The number of allylic oxidation sites excluding steroid dienone is 3. The Morgan fingerprint density at radius 1 is 1.46 bits per heavy atom. The zero-order valence-electron chi connectivity index (χ0n) is 6.47. The minimum absolute atomic E-state index is 0.0611. The molecule has 0 fully saturated rings. The number of hydrogen-bond donors (Lipinski definition) is 2. The molecule has 0 spiro atoms. The summed E-state index contributed by atoms with van der Waals surface area (Å²) in [6, 6.07) is 0. The molecule has 1 rings (SSSR count). The Kier molecular flexibility index (Phi) is 2.99. The van der Waals surface area contributed by atoms with Crippen LogP contribution in [0, 0.1) is 5.92 Å². The highest BCUT2D eigenvalue weighted by atomic mass is 32.2. The van der Waals surface area contributed by atoms with Crippen molar-refractivity contribution >= 4 is 21.1 Å². The van der Waals surface area contributed by atoms with Gasteiger partial charge in [-0.05, 0) is 6.08 Å². The number of hydrogen-bond acceptors (Lipinski definition) is 4. The van der Waals surface area contributed by atoms with Gasteiger partial charge in [0.15, 0.2) is 0 Å². The molecule has 0 saturated heterocycles. The highest BCUT2D eigenvalue weighted by molar-refractivity contribution is 7.73. The molecular formula is C7H7NO4S. The lowest BCUT2D eigenvalue weighted by Crippen LogP contribution is -2.32. The van der Waals surface area contributed by atoms with Gasteiger partial charge in [0, 0.05) is 0 Å². The van der Waals surface area contributed by atoms with Gasteiger partial charge in [0.05, 0.1) is 10.8 Å². The molecule has 0 aromatic rings. The molecule has 0 aromatic carbocycles. The molecule has 1 atom stereocenters. The third kappa shape index (κ3) is 2.04. The Hall–Kier alpha value is -1.40. The van der Waals surface area contributed by atoms with Crippen molar-refractivity contribution in [3.8, 4) is 0 Å². The van der Waals surface area contributed by atoms with Crippen LogP contribution in [-0.2, 0) is 15.1 Å². The van der Waals surface area contributed by atoms with Crippen molar-refractivity contribution in [1.82, 2.24) is 5.48 Å². The highest BCUT2D eigenvalue weighted by Crippen LogP contribution is 2.08. The molecular weight excluding hydrogens is 194 g/mol. The summed E-state index contributed by atoms with van der Waals surface area (Å²) in [7, 11) is -2.45. The van der Waals surface area contributed by atoms with Gasteiger partial charge in [0.2, 0.25) is 10.3 Å². The van der Waals surface area contributed by atoms with E-state index in [9.17, 15) is 13.2 Å². The quantitative estimate of drug-likeness (QED) is 0.333. The van der Waals surface area contributed by atoms with Gasteiger partial charge < -0.3 is 0 Å². The van der Waals surface area contributed by atoms with Crippen molar-refractivity contribution in [2.75, 3.05) is 0 Å². The molecule has 0 radical (unpaired) electrons. The molecule has 1 aliphatic carbocycles. The number of carbonyl (C=O) groups is 1. The lowest BCUT2D eigenvalue weighted by atomic mass is 10.0. The van der Waals surface area contributed by atoms with Gasteiger partial charge in [-0.25, -0.2) is 5.48 Å². The minimum Gasteiger partial charge on any atom is -0.289 e. The van der Waals surface area contributed by atoms with Crippen LogP contribution in [0.1, 0.15) is 0 Å². The van der Waals surface area contributed by atoms with Crippen LogP contribution in [0.3, 0.4) is 0 Å². The maximum Gasteiger partial charge on any atom is 0.255 e. The van der Waals surface area contributed by atoms with E-state index in [1.807, 2.05) is 0 Å². The average molecular weight is 201 g/mol. The van der Waals surface area contributed by atoms with E-state index in [4.69, 9.17) is 5.21 Å². The molecule has 70 valence electrons. The molecule has 1 amide bonds. The van der Waals surface area contributed by atoms with Crippen molar-refractivity contribution in [2.45, 2.75) is 0 Å². The number of rotatable bonds is 1. The molecule has 2 N–H and O–H groups in total. The van der Waals surface area contributed by atoms with Gasteiger partial charge in [0.1, 0.15) is 0 Å². The molecule has 0 bridgehead atoms. The van der Waals surface area contributed by atoms with Crippen LogP contribution in [-0.4, -0.2) is 24.4 Å². The second-order valence-corrected chi connectivity index (χ2v) is 3.28. The molecule has 6 heteroatoms. The fourth-order valence-corrected chi connectivity index (χ4v) is 1.55. The van der Waals surface area contributed by atoms with Crippen LogP contribution < -0.4 is 5.48 Å². The topological polar surface area (TPSA) is 83.5 Å². The number of nitrogens with one attached hydrogen (secondary N) is 1. The fraction of sp³-hybridized carbons (Fsp3) is 0.143. The molecule has 0 heterocycles. The van der Waals surface area contributed by atoms with E-state index < -0.39 is 22.1 Å². The molecule has 1 aliphatic rings. The van der Waals surface area contributed by atoms with Crippen LogP contribution in [0.2, 0.25) is 0 Å². The summed E-state index contributed by atoms with van der Waals surface area (Å²) in [5.41, 5.74) is 1.40. The second kappa shape index (κ2) is 4.01. The SMILES string of the molecule is O=C(NO)C1C=CC=CC1=S(=O)=O. The summed E-state index contributed by atoms with van der Waals surface area (Å²) < 4.78 is 21.2. The van der Waals surface area contributed by atoms with E-state index in [0.717, 1.165) is 0 Å². The lowest BCUT2D eigenvalue weighted by molar-refractivity contribution is -0.130. The summed E-state index contributed by atoms with van der Waals surface area (Å²) in [5.74, 6) is -1.70. The summed E-state index contributed by atoms with van der Waals surface area (Å²) >= 11 is 0. The normalized spacial score (nSPS) is 20.1.